The topological polar surface area (TPSA) is 67.5 Å². The molecule has 7 heteroatoms. The highest BCUT2D eigenvalue weighted by atomic mass is 16.2. The summed E-state index contributed by atoms with van der Waals surface area (Å²) in [7, 11) is 0. The predicted molar refractivity (Wildman–Crippen MR) is 141 cm³/mol. The van der Waals surface area contributed by atoms with Crippen molar-refractivity contribution in [3.63, 3.8) is 0 Å². The van der Waals surface area contributed by atoms with Gasteiger partial charge in [-0.1, -0.05) is 72.8 Å². The average Bonchev–Trinajstić information content (AvgIpc) is 2.92. The fourth-order valence-corrected chi connectivity index (χ4v) is 4.84. The van der Waals surface area contributed by atoms with Crippen LogP contribution in [0.25, 0.3) is 10.9 Å². The van der Waals surface area contributed by atoms with Gasteiger partial charge in [0.25, 0.3) is 5.56 Å². The zero-order chi connectivity index (χ0) is 24.9. The monoisotopic (exact) mass is 482 g/mol. The number of hydrogen-bond donors (Lipinski definition) is 0. The molecule has 0 unspecified atom stereocenters. The highest BCUT2D eigenvalue weighted by Gasteiger charge is 2.23. The molecule has 0 radical (unpaired) electrons. The molecule has 1 fully saturated rings. The Balaban J connectivity index is 1.33. The van der Waals surface area contributed by atoms with Crippen molar-refractivity contribution in [2.75, 3.05) is 26.2 Å². The van der Waals surface area contributed by atoms with Crippen molar-refractivity contribution in [3.05, 3.63) is 117 Å². The summed E-state index contributed by atoms with van der Waals surface area (Å²) in [6.45, 7) is 3.85. The lowest BCUT2D eigenvalue weighted by Gasteiger charge is -2.35. The third kappa shape index (κ3) is 5.16. The number of aryl methyl sites for hydroxylation is 1. The van der Waals surface area contributed by atoms with E-state index in [1.54, 1.807) is 24.3 Å². The summed E-state index contributed by atoms with van der Waals surface area (Å²) in [6.07, 6.45) is 0.561. The molecule has 36 heavy (non-hydrogen) atoms. The van der Waals surface area contributed by atoms with Crippen molar-refractivity contribution in [3.8, 4) is 0 Å². The lowest BCUT2D eigenvalue weighted by molar-refractivity contribution is -0.133. The lowest BCUT2D eigenvalue weighted by atomic mass is 10.1. The Morgan fingerprint density at radius 3 is 2.00 bits per heavy atom. The van der Waals surface area contributed by atoms with Gasteiger partial charge >= 0.3 is 5.69 Å². The molecule has 7 nitrogen and oxygen atoms in total. The number of amides is 1. The van der Waals surface area contributed by atoms with Crippen molar-refractivity contribution in [2.24, 2.45) is 0 Å². The molecule has 2 heterocycles. The maximum Gasteiger partial charge on any atom is 0.331 e. The summed E-state index contributed by atoms with van der Waals surface area (Å²) in [6, 6.07) is 27.1. The van der Waals surface area contributed by atoms with E-state index in [4.69, 9.17) is 0 Å². The number of para-hydroxylation sites is 1. The number of carbonyl (C=O) groups is 1. The molecule has 0 bridgehead atoms. The Labute approximate surface area is 209 Å². The van der Waals surface area contributed by atoms with Crippen LogP contribution in [0.15, 0.2) is 94.5 Å². The van der Waals surface area contributed by atoms with Gasteiger partial charge in [0.15, 0.2) is 0 Å². The van der Waals surface area contributed by atoms with Gasteiger partial charge in [0.2, 0.25) is 5.91 Å². The first-order valence-electron chi connectivity index (χ1n) is 12.4. The van der Waals surface area contributed by atoms with Gasteiger partial charge in [0.05, 0.1) is 10.9 Å². The van der Waals surface area contributed by atoms with Gasteiger partial charge in [0, 0.05) is 39.3 Å². The first kappa shape index (κ1) is 23.8. The van der Waals surface area contributed by atoms with E-state index in [0.29, 0.717) is 30.4 Å². The SMILES string of the molecule is O=C(Cn1c(=O)n(CCc2ccccc2)c(=O)c2ccccc21)N1CCN(Cc2ccccc2)CC1. The van der Waals surface area contributed by atoms with Crippen LogP contribution in [0, 0.1) is 0 Å². The number of carbonyl (C=O) groups excluding carboxylic acids is 1. The second kappa shape index (κ2) is 10.7. The number of rotatable bonds is 7. The van der Waals surface area contributed by atoms with Crippen LogP contribution in [0.1, 0.15) is 11.1 Å². The summed E-state index contributed by atoms with van der Waals surface area (Å²) in [4.78, 5) is 44.0. The van der Waals surface area contributed by atoms with Crippen LogP contribution in [-0.4, -0.2) is 51.0 Å². The maximum absolute atomic E-state index is 13.4. The van der Waals surface area contributed by atoms with E-state index in [1.165, 1.54) is 14.7 Å². The van der Waals surface area contributed by atoms with E-state index in [0.717, 1.165) is 25.2 Å². The normalized spacial score (nSPS) is 14.3. The zero-order valence-corrected chi connectivity index (χ0v) is 20.3. The smallest absolute Gasteiger partial charge is 0.331 e. The zero-order valence-electron chi connectivity index (χ0n) is 20.3. The van der Waals surface area contributed by atoms with Crippen molar-refractivity contribution in [1.29, 1.82) is 0 Å². The van der Waals surface area contributed by atoms with Crippen LogP contribution in [0.3, 0.4) is 0 Å². The van der Waals surface area contributed by atoms with Gasteiger partial charge in [-0.2, -0.15) is 0 Å². The number of aromatic nitrogens is 2. The lowest BCUT2D eigenvalue weighted by Crippen LogP contribution is -2.50. The summed E-state index contributed by atoms with van der Waals surface area (Å²) in [5.74, 6) is -0.102. The molecule has 0 spiro atoms. The molecule has 0 saturated carbocycles. The van der Waals surface area contributed by atoms with Crippen LogP contribution >= 0.6 is 0 Å². The summed E-state index contributed by atoms with van der Waals surface area (Å²) in [5, 5.41) is 0.450. The number of hydrogen-bond acceptors (Lipinski definition) is 4. The first-order chi connectivity index (χ1) is 17.6. The van der Waals surface area contributed by atoms with Gasteiger partial charge < -0.3 is 4.90 Å². The Morgan fingerprint density at radius 1 is 0.694 bits per heavy atom. The average molecular weight is 483 g/mol. The molecule has 184 valence electrons. The van der Waals surface area contributed by atoms with E-state index >= 15 is 0 Å². The van der Waals surface area contributed by atoms with Gasteiger partial charge in [0.1, 0.15) is 6.54 Å². The maximum atomic E-state index is 13.4. The van der Waals surface area contributed by atoms with Crippen LogP contribution < -0.4 is 11.2 Å². The Morgan fingerprint density at radius 2 is 1.31 bits per heavy atom. The van der Waals surface area contributed by atoms with Crippen molar-refractivity contribution in [2.45, 2.75) is 26.1 Å². The molecule has 1 aliphatic rings. The van der Waals surface area contributed by atoms with Crippen LogP contribution in [0.4, 0.5) is 0 Å². The third-order valence-corrected chi connectivity index (χ3v) is 6.87. The molecule has 1 saturated heterocycles. The Hall–Kier alpha value is -3.97. The third-order valence-electron chi connectivity index (χ3n) is 6.87. The minimum atomic E-state index is -0.439. The fraction of sp³-hybridized carbons (Fsp3) is 0.276. The minimum absolute atomic E-state index is 0.0797. The predicted octanol–water partition coefficient (Wildman–Crippen LogP) is 2.75. The van der Waals surface area contributed by atoms with E-state index < -0.39 is 5.69 Å². The van der Waals surface area contributed by atoms with Gasteiger partial charge in [-0.15, -0.1) is 0 Å². The van der Waals surface area contributed by atoms with Crippen LogP contribution in [0.2, 0.25) is 0 Å². The number of piperazine rings is 1. The van der Waals surface area contributed by atoms with Gasteiger partial charge in [-0.05, 0) is 29.7 Å². The molecular formula is C29H30N4O3. The van der Waals surface area contributed by atoms with E-state index in [2.05, 4.69) is 17.0 Å². The van der Waals surface area contributed by atoms with E-state index in [9.17, 15) is 14.4 Å². The van der Waals surface area contributed by atoms with E-state index in [-0.39, 0.29) is 24.6 Å². The van der Waals surface area contributed by atoms with Crippen LogP contribution in [-0.2, 0) is 30.8 Å². The van der Waals surface area contributed by atoms with Crippen LogP contribution in [0.5, 0.6) is 0 Å². The van der Waals surface area contributed by atoms with Crippen molar-refractivity contribution < 1.29 is 4.79 Å². The molecule has 0 aliphatic carbocycles. The standard InChI is InChI=1S/C29H30N4O3/c34-27(31-19-17-30(18-20-31)21-24-11-5-2-6-12-24)22-33-26-14-8-7-13-25(26)28(35)32(29(33)36)16-15-23-9-3-1-4-10-23/h1-14H,15-22H2. The minimum Gasteiger partial charge on any atom is -0.339 e. The molecule has 0 atom stereocenters. The van der Waals surface area contributed by atoms with Gasteiger partial charge in [-0.25, -0.2) is 4.79 Å². The van der Waals surface area contributed by atoms with Crippen molar-refractivity contribution in [1.82, 2.24) is 18.9 Å². The number of fused-ring (bicyclic) bond motifs is 1. The molecule has 1 aliphatic heterocycles. The molecule has 4 aromatic rings. The summed E-state index contributed by atoms with van der Waals surface area (Å²) >= 11 is 0. The highest BCUT2D eigenvalue weighted by Crippen LogP contribution is 2.12. The molecular weight excluding hydrogens is 452 g/mol. The Kier molecular flexibility index (Phi) is 7.09. The summed E-state index contributed by atoms with van der Waals surface area (Å²) < 4.78 is 2.72. The summed E-state index contributed by atoms with van der Waals surface area (Å²) in [5.41, 5.74) is 2.05. The number of nitrogens with zero attached hydrogens (tertiary/aromatic N) is 4. The first-order valence-corrected chi connectivity index (χ1v) is 12.4. The Bertz CT molecular complexity index is 1450. The quantitative estimate of drug-likeness (QED) is 0.406. The second-order valence-electron chi connectivity index (χ2n) is 9.22. The fourth-order valence-electron chi connectivity index (χ4n) is 4.84. The molecule has 1 aromatic heterocycles. The van der Waals surface area contributed by atoms with Crippen molar-refractivity contribution >= 4 is 16.8 Å². The molecule has 1 amide bonds. The molecule has 0 N–H and O–H groups in total. The van der Waals surface area contributed by atoms with Gasteiger partial charge in [-0.3, -0.25) is 23.6 Å². The second-order valence-corrected chi connectivity index (χ2v) is 9.22. The number of benzene rings is 3. The van der Waals surface area contributed by atoms with E-state index in [1.807, 2.05) is 53.4 Å². The largest absolute Gasteiger partial charge is 0.339 e. The molecule has 5 rings (SSSR count). The highest BCUT2D eigenvalue weighted by molar-refractivity contribution is 5.81. The molecule has 3 aromatic carbocycles.